The van der Waals surface area contributed by atoms with Crippen LogP contribution in [0.1, 0.15) is 53.0 Å². The molecule has 4 aromatic rings. The molecule has 220 valence electrons. The van der Waals surface area contributed by atoms with E-state index in [0.29, 0.717) is 58.3 Å². The molecule has 1 saturated heterocycles. The van der Waals surface area contributed by atoms with Gasteiger partial charge in [0.1, 0.15) is 23.1 Å². The van der Waals surface area contributed by atoms with Crippen molar-refractivity contribution in [2.45, 2.75) is 59.1 Å². The molecule has 1 fully saturated rings. The van der Waals surface area contributed by atoms with Crippen LogP contribution in [0.15, 0.2) is 59.5 Å². The molecule has 2 aromatic heterocycles. The van der Waals surface area contributed by atoms with Gasteiger partial charge >= 0.3 is 11.8 Å². The van der Waals surface area contributed by atoms with Crippen molar-refractivity contribution < 1.29 is 13.9 Å². The van der Waals surface area contributed by atoms with E-state index < -0.39 is 17.1 Å². The van der Waals surface area contributed by atoms with Crippen LogP contribution in [0.3, 0.4) is 0 Å². The number of rotatable bonds is 4. The summed E-state index contributed by atoms with van der Waals surface area (Å²) in [7, 11) is 0. The van der Waals surface area contributed by atoms with Crippen LogP contribution in [-0.2, 0) is 4.74 Å². The Labute approximate surface area is 249 Å². The number of carbonyl (C=O) groups excluding carboxylic acids is 1. The number of nitrogens with zero attached hydrogens (tertiary/aromatic N) is 5. The maximum absolute atomic E-state index is 15.0. The number of halogens is 2. The third-order valence-electron chi connectivity index (χ3n) is 7.33. The fraction of sp³-hybridized carbons (Fsp3) is 0.375. The van der Waals surface area contributed by atoms with Gasteiger partial charge in [-0.3, -0.25) is 0 Å². The smallest absolute Gasteiger partial charge is 0.410 e. The first-order valence-corrected chi connectivity index (χ1v) is 14.4. The zero-order chi connectivity index (χ0) is 30.3. The molecule has 1 amide bonds. The van der Waals surface area contributed by atoms with Crippen molar-refractivity contribution in [1.29, 1.82) is 0 Å². The predicted molar refractivity (Wildman–Crippen MR) is 164 cm³/mol. The summed E-state index contributed by atoms with van der Waals surface area (Å²) in [6.07, 6.45) is 1.26. The molecular weight excluding hydrogens is 557 g/mol. The van der Waals surface area contributed by atoms with Crippen LogP contribution in [0, 0.1) is 5.82 Å². The quantitative estimate of drug-likeness (QED) is 0.259. The molecule has 1 atom stereocenters. The highest BCUT2D eigenvalue weighted by Gasteiger charge is 2.32. The highest BCUT2D eigenvalue weighted by molar-refractivity contribution is 6.34. The van der Waals surface area contributed by atoms with Crippen LogP contribution >= 0.6 is 11.6 Å². The molecule has 8 nitrogen and oxygen atoms in total. The molecule has 3 heterocycles. The molecular formula is C32H35ClFN5O3. The minimum absolute atomic E-state index is 0.0784. The van der Waals surface area contributed by atoms with E-state index in [0.717, 1.165) is 5.56 Å². The number of ether oxygens (including phenoxy) is 1. The molecule has 0 unspecified atom stereocenters. The highest BCUT2D eigenvalue weighted by atomic mass is 35.5. The Bertz CT molecular complexity index is 1720. The maximum atomic E-state index is 15.0. The number of fused-ring (bicyclic) bond motifs is 1. The lowest BCUT2D eigenvalue weighted by molar-refractivity contribution is 0.0218. The van der Waals surface area contributed by atoms with Crippen LogP contribution in [0.2, 0.25) is 5.02 Å². The Morgan fingerprint density at radius 2 is 1.81 bits per heavy atom. The normalized spacial score (nSPS) is 15.9. The highest BCUT2D eigenvalue weighted by Crippen LogP contribution is 2.37. The third-order valence-corrected chi connectivity index (χ3v) is 7.64. The SMILES string of the molecule is CC(C)c1cccnc1-n1c(=O)nc(N2CCN(C(=O)OC(C)(C)C)C[C@@H]2C)c2cc(Cl)c(-c3ccccc3F)cc21. The van der Waals surface area contributed by atoms with Gasteiger partial charge in [0.2, 0.25) is 0 Å². The second-order valence-corrected chi connectivity index (χ2v) is 12.3. The summed E-state index contributed by atoms with van der Waals surface area (Å²) in [6, 6.07) is 13.5. The summed E-state index contributed by atoms with van der Waals surface area (Å²) >= 11 is 6.82. The summed E-state index contributed by atoms with van der Waals surface area (Å²) in [5.41, 5.74) is 1.05. The van der Waals surface area contributed by atoms with Crippen LogP contribution in [-0.4, -0.2) is 56.8 Å². The van der Waals surface area contributed by atoms with E-state index in [-0.39, 0.29) is 18.1 Å². The fourth-order valence-corrected chi connectivity index (χ4v) is 5.62. The van der Waals surface area contributed by atoms with Gasteiger partial charge in [0.15, 0.2) is 0 Å². The number of amides is 1. The standard InChI is InChI=1S/C32H35ClFN5O3/c1-19(2)21-11-9-13-35-28(21)39-27-17-23(22-10-7-8-12-26(22)34)25(33)16-24(27)29(36-30(39)40)38-15-14-37(18-20(38)3)31(41)42-32(4,5)6/h7-13,16-17,19-20H,14-15,18H2,1-6H3/t20-/m0/s1. The number of aromatic nitrogens is 3. The first-order valence-electron chi connectivity index (χ1n) is 14.1. The average Bonchev–Trinajstić information content (AvgIpc) is 2.92. The van der Waals surface area contributed by atoms with Crippen molar-refractivity contribution in [2.24, 2.45) is 0 Å². The fourth-order valence-electron chi connectivity index (χ4n) is 5.35. The van der Waals surface area contributed by atoms with E-state index in [1.807, 2.05) is 58.6 Å². The van der Waals surface area contributed by atoms with E-state index in [2.05, 4.69) is 9.97 Å². The van der Waals surface area contributed by atoms with Crippen molar-refractivity contribution in [3.05, 3.63) is 81.6 Å². The van der Waals surface area contributed by atoms with E-state index in [1.54, 1.807) is 41.4 Å². The maximum Gasteiger partial charge on any atom is 0.410 e. The number of hydrogen-bond donors (Lipinski definition) is 0. The van der Waals surface area contributed by atoms with Gasteiger partial charge in [0.25, 0.3) is 0 Å². The summed E-state index contributed by atoms with van der Waals surface area (Å²) < 4.78 is 22.0. The Balaban J connectivity index is 1.69. The lowest BCUT2D eigenvalue weighted by Gasteiger charge is -2.41. The van der Waals surface area contributed by atoms with Gasteiger partial charge in [-0.25, -0.2) is 23.5 Å². The number of anilines is 1. The number of benzene rings is 2. The summed E-state index contributed by atoms with van der Waals surface area (Å²) in [6.45, 7) is 12.7. The molecule has 0 radical (unpaired) electrons. The second kappa shape index (κ2) is 11.4. The van der Waals surface area contributed by atoms with Crippen molar-refractivity contribution in [2.75, 3.05) is 24.5 Å². The van der Waals surface area contributed by atoms with Crippen LogP contribution in [0.5, 0.6) is 0 Å². The monoisotopic (exact) mass is 591 g/mol. The van der Waals surface area contributed by atoms with E-state index >= 15 is 0 Å². The largest absolute Gasteiger partial charge is 0.444 e. The van der Waals surface area contributed by atoms with Gasteiger partial charge in [0, 0.05) is 53.4 Å². The first kappa shape index (κ1) is 29.5. The zero-order valence-electron chi connectivity index (χ0n) is 24.7. The van der Waals surface area contributed by atoms with Gasteiger partial charge < -0.3 is 14.5 Å². The zero-order valence-corrected chi connectivity index (χ0v) is 25.4. The van der Waals surface area contributed by atoms with E-state index in [1.165, 1.54) is 10.6 Å². The molecule has 0 N–H and O–H groups in total. The van der Waals surface area contributed by atoms with Gasteiger partial charge in [-0.15, -0.1) is 0 Å². The van der Waals surface area contributed by atoms with Crippen molar-refractivity contribution in [3.8, 4) is 16.9 Å². The number of pyridine rings is 1. The van der Waals surface area contributed by atoms with Crippen LogP contribution in [0.25, 0.3) is 27.8 Å². The third kappa shape index (κ3) is 5.70. The molecule has 2 aromatic carbocycles. The molecule has 5 rings (SSSR count). The van der Waals surface area contributed by atoms with Gasteiger partial charge in [-0.2, -0.15) is 4.98 Å². The number of piperazine rings is 1. The first-order chi connectivity index (χ1) is 19.9. The molecule has 0 aliphatic carbocycles. The molecule has 1 aliphatic rings. The van der Waals surface area contributed by atoms with Gasteiger partial charge in [-0.1, -0.05) is 49.7 Å². The summed E-state index contributed by atoms with van der Waals surface area (Å²) in [5, 5.41) is 0.948. The Morgan fingerprint density at radius 3 is 2.48 bits per heavy atom. The topological polar surface area (TPSA) is 80.6 Å². The van der Waals surface area contributed by atoms with Gasteiger partial charge in [-0.05, 0) is 63.4 Å². The van der Waals surface area contributed by atoms with Crippen molar-refractivity contribution in [3.63, 3.8) is 0 Å². The minimum atomic E-state index is -0.604. The van der Waals surface area contributed by atoms with E-state index in [9.17, 15) is 14.0 Å². The number of carbonyl (C=O) groups is 1. The lowest BCUT2D eigenvalue weighted by Crippen LogP contribution is -2.55. The number of hydrogen-bond acceptors (Lipinski definition) is 6. The molecule has 0 spiro atoms. The van der Waals surface area contributed by atoms with Gasteiger partial charge in [0.05, 0.1) is 5.52 Å². The van der Waals surface area contributed by atoms with Crippen molar-refractivity contribution in [1.82, 2.24) is 19.4 Å². The lowest BCUT2D eigenvalue weighted by atomic mass is 10.0. The van der Waals surface area contributed by atoms with Crippen molar-refractivity contribution >= 4 is 34.4 Å². The van der Waals surface area contributed by atoms with Crippen LogP contribution < -0.4 is 10.6 Å². The molecule has 0 saturated carbocycles. The molecule has 42 heavy (non-hydrogen) atoms. The molecule has 0 bridgehead atoms. The van der Waals surface area contributed by atoms with E-state index in [4.69, 9.17) is 16.3 Å². The minimum Gasteiger partial charge on any atom is -0.444 e. The summed E-state index contributed by atoms with van der Waals surface area (Å²) in [5.74, 6) is 0.571. The molecule has 1 aliphatic heterocycles. The summed E-state index contributed by atoms with van der Waals surface area (Å²) in [4.78, 5) is 39.5. The Hall–Kier alpha value is -3.98. The second-order valence-electron chi connectivity index (χ2n) is 11.9. The Morgan fingerprint density at radius 1 is 1.07 bits per heavy atom. The Kier molecular flexibility index (Phi) is 7.98. The predicted octanol–water partition coefficient (Wildman–Crippen LogP) is 6.81. The van der Waals surface area contributed by atoms with Crippen LogP contribution in [0.4, 0.5) is 15.0 Å². The molecule has 10 heteroatoms. The average molecular weight is 592 g/mol.